The van der Waals surface area contributed by atoms with Gasteiger partial charge < -0.3 is 10.4 Å². The fraction of sp³-hybridized carbons (Fsp3) is 0.538. The molecule has 0 saturated carbocycles. The van der Waals surface area contributed by atoms with E-state index in [1.807, 2.05) is 6.07 Å². The minimum absolute atomic E-state index is 0.419. The molecule has 0 aromatic heterocycles. The molecule has 1 heterocycles. The standard InChI is InChI=1S/C13H18BrNO/c1-9-4-5-12(16)11(13(9)14)7-10-3-2-6-15-8-10/h4-5,10,15-16H,2-3,6-8H2,1H3. The van der Waals surface area contributed by atoms with Crippen molar-refractivity contribution < 1.29 is 5.11 Å². The summed E-state index contributed by atoms with van der Waals surface area (Å²) in [6.07, 6.45) is 3.46. The van der Waals surface area contributed by atoms with Gasteiger partial charge in [-0.15, -0.1) is 0 Å². The monoisotopic (exact) mass is 283 g/mol. The summed E-state index contributed by atoms with van der Waals surface area (Å²) in [5, 5.41) is 13.3. The molecule has 1 atom stereocenters. The first kappa shape index (κ1) is 11.9. The second kappa shape index (κ2) is 5.19. The number of aromatic hydroxyl groups is 1. The molecule has 0 spiro atoms. The third kappa shape index (κ3) is 2.58. The Kier molecular flexibility index (Phi) is 3.87. The fourth-order valence-electron chi connectivity index (χ4n) is 2.31. The highest BCUT2D eigenvalue weighted by atomic mass is 79.9. The maximum Gasteiger partial charge on any atom is 0.119 e. The van der Waals surface area contributed by atoms with Crippen LogP contribution in [-0.2, 0) is 6.42 Å². The minimum Gasteiger partial charge on any atom is -0.508 e. The Morgan fingerprint density at radius 1 is 1.50 bits per heavy atom. The molecule has 16 heavy (non-hydrogen) atoms. The van der Waals surface area contributed by atoms with E-state index in [9.17, 15) is 5.11 Å². The second-order valence-electron chi connectivity index (χ2n) is 4.61. The summed E-state index contributed by atoms with van der Waals surface area (Å²) in [6, 6.07) is 3.74. The van der Waals surface area contributed by atoms with Crippen LogP contribution in [0.3, 0.4) is 0 Å². The van der Waals surface area contributed by atoms with Crippen molar-refractivity contribution in [1.82, 2.24) is 5.32 Å². The Balaban J connectivity index is 2.16. The van der Waals surface area contributed by atoms with Crippen LogP contribution < -0.4 is 5.32 Å². The summed E-state index contributed by atoms with van der Waals surface area (Å²) in [7, 11) is 0. The van der Waals surface area contributed by atoms with Gasteiger partial charge in [-0.25, -0.2) is 0 Å². The molecule has 2 rings (SSSR count). The van der Waals surface area contributed by atoms with Crippen LogP contribution in [0, 0.1) is 12.8 Å². The normalized spacial score (nSPS) is 21.0. The van der Waals surface area contributed by atoms with E-state index in [4.69, 9.17) is 0 Å². The number of nitrogens with one attached hydrogen (secondary N) is 1. The molecular formula is C13H18BrNO. The van der Waals surface area contributed by atoms with E-state index in [1.165, 1.54) is 18.4 Å². The number of phenolic OH excluding ortho intramolecular Hbond substituents is 1. The van der Waals surface area contributed by atoms with Gasteiger partial charge in [0.1, 0.15) is 5.75 Å². The zero-order valence-electron chi connectivity index (χ0n) is 9.59. The number of rotatable bonds is 2. The predicted octanol–water partition coefficient (Wildman–Crippen LogP) is 3.01. The topological polar surface area (TPSA) is 32.3 Å². The molecule has 3 heteroatoms. The van der Waals surface area contributed by atoms with Crippen LogP contribution in [-0.4, -0.2) is 18.2 Å². The first-order chi connectivity index (χ1) is 7.68. The van der Waals surface area contributed by atoms with E-state index >= 15 is 0 Å². The lowest BCUT2D eigenvalue weighted by Crippen LogP contribution is -2.30. The lowest BCUT2D eigenvalue weighted by molar-refractivity contribution is 0.369. The molecule has 2 nitrogen and oxygen atoms in total. The van der Waals surface area contributed by atoms with E-state index in [1.54, 1.807) is 6.07 Å². The maximum absolute atomic E-state index is 9.90. The first-order valence-corrected chi connectivity index (χ1v) is 6.65. The van der Waals surface area contributed by atoms with Crippen LogP contribution in [0.5, 0.6) is 5.75 Å². The van der Waals surface area contributed by atoms with Crippen LogP contribution in [0.4, 0.5) is 0 Å². The first-order valence-electron chi connectivity index (χ1n) is 5.86. The van der Waals surface area contributed by atoms with E-state index < -0.39 is 0 Å². The fourth-order valence-corrected chi connectivity index (χ4v) is 2.81. The number of aryl methyl sites for hydroxylation is 1. The summed E-state index contributed by atoms with van der Waals surface area (Å²) >= 11 is 3.58. The van der Waals surface area contributed by atoms with E-state index in [0.29, 0.717) is 11.7 Å². The largest absolute Gasteiger partial charge is 0.508 e. The van der Waals surface area contributed by atoms with Crippen molar-refractivity contribution in [1.29, 1.82) is 0 Å². The second-order valence-corrected chi connectivity index (χ2v) is 5.40. The average Bonchev–Trinajstić information content (AvgIpc) is 2.31. The molecule has 0 aliphatic carbocycles. The van der Waals surface area contributed by atoms with Gasteiger partial charge in [0.25, 0.3) is 0 Å². The van der Waals surface area contributed by atoms with Crippen molar-refractivity contribution in [2.45, 2.75) is 26.2 Å². The maximum atomic E-state index is 9.90. The SMILES string of the molecule is Cc1ccc(O)c(CC2CCCNC2)c1Br. The zero-order valence-corrected chi connectivity index (χ0v) is 11.2. The molecule has 1 aromatic rings. The van der Waals surface area contributed by atoms with Crippen molar-refractivity contribution in [3.63, 3.8) is 0 Å². The lowest BCUT2D eigenvalue weighted by atomic mass is 9.91. The summed E-state index contributed by atoms with van der Waals surface area (Å²) in [6.45, 7) is 4.27. The van der Waals surface area contributed by atoms with Crippen molar-refractivity contribution >= 4 is 15.9 Å². The predicted molar refractivity (Wildman–Crippen MR) is 69.8 cm³/mol. The lowest BCUT2D eigenvalue weighted by Gasteiger charge is -2.23. The highest BCUT2D eigenvalue weighted by molar-refractivity contribution is 9.10. The molecule has 1 unspecified atom stereocenters. The average molecular weight is 284 g/mol. The summed E-state index contributed by atoms with van der Waals surface area (Å²) in [5.41, 5.74) is 2.25. The van der Waals surface area contributed by atoms with Crippen molar-refractivity contribution in [2.75, 3.05) is 13.1 Å². The number of halogens is 1. The van der Waals surface area contributed by atoms with Crippen LogP contribution in [0.2, 0.25) is 0 Å². The van der Waals surface area contributed by atoms with Crippen LogP contribution >= 0.6 is 15.9 Å². The Morgan fingerprint density at radius 2 is 2.31 bits per heavy atom. The van der Waals surface area contributed by atoms with Crippen molar-refractivity contribution in [3.8, 4) is 5.75 Å². The molecule has 88 valence electrons. The number of hydrogen-bond donors (Lipinski definition) is 2. The van der Waals surface area contributed by atoms with Gasteiger partial charge in [-0.05, 0) is 56.8 Å². The van der Waals surface area contributed by atoms with Gasteiger partial charge in [-0.1, -0.05) is 22.0 Å². The molecule has 1 fully saturated rings. The number of piperidine rings is 1. The molecule has 0 radical (unpaired) electrons. The van der Waals surface area contributed by atoms with E-state index in [2.05, 4.69) is 28.2 Å². The summed E-state index contributed by atoms with van der Waals surface area (Å²) in [4.78, 5) is 0. The molecule has 1 saturated heterocycles. The van der Waals surface area contributed by atoms with Gasteiger partial charge in [0.2, 0.25) is 0 Å². The molecule has 2 N–H and O–H groups in total. The Bertz CT molecular complexity index is 372. The summed E-state index contributed by atoms with van der Waals surface area (Å²) in [5.74, 6) is 1.07. The Morgan fingerprint density at radius 3 is 3.00 bits per heavy atom. The third-order valence-corrected chi connectivity index (χ3v) is 4.41. The van der Waals surface area contributed by atoms with Gasteiger partial charge in [0, 0.05) is 10.0 Å². The quantitative estimate of drug-likeness (QED) is 0.875. The molecular weight excluding hydrogens is 266 g/mol. The number of benzene rings is 1. The zero-order chi connectivity index (χ0) is 11.5. The number of phenols is 1. The van der Waals surface area contributed by atoms with Gasteiger partial charge in [-0.3, -0.25) is 0 Å². The molecule has 0 bridgehead atoms. The third-order valence-electron chi connectivity index (χ3n) is 3.30. The van der Waals surface area contributed by atoms with Crippen molar-refractivity contribution in [2.24, 2.45) is 5.92 Å². The van der Waals surface area contributed by atoms with Gasteiger partial charge >= 0.3 is 0 Å². The number of hydrogen-bond acceptors (Lipinski definition) is 2. The van der Waals surface area contributed by atoms with Crippen molar-refractivity contribution in [3.05, 3.63) is 27.7 Å². The van der Waals surface area contributed by atoms with Gasteiger partial charge in [-0.2, -0.15) is 0 Å². The minimum atomic E-state index is 0.419. The van der Waals surface area contributed by atoms with E-state index in [-0.39, 0.29) is 0 Å². The smallest absolute Gasteiger partial charge is 0.119 e. The van der Waals surface area contributed by atoms with Crippen LogP contribution in [0.1, 0.15) is 24.0 Å². The highest BCUT2D eigenvalue weighted by Gasteiger charge is 2.17. The van der Waals surface area contributed by atoms with Gasteiger partial charge in [0.05, 0.1) is 0 Å². The molecule has 1 aliphatic rings. The summed E-state index contributed by atoms with van der Waals surface area (Å²) < 4.78 is 1.07. The van der Waals surface area contributed by atoms with Crippen LogP contribution in [0.15, 0.2) is 16.6 Å². The Hall–Kier alpha value is -0.540. The molecule has 0 amide bonds. The van der Waals surface area contributed by atoms with Gasteiger partial charge in [0.15, 0.2) is 0 Å². The Labute approximate surface area is 105 Å². The van der Waals surface area contributed by atoms with Crippen LogP contribution in [0.25, 0.3) is 0 Å². The molecule has 1 aromatic carbocycles. The van der Waals surface area contributed by atoms with E-state index in [0.717, 1.165) is 29.5 Å². The highest BCUT2D eigenvalue weighted by Crippen LogP contribution is 2.32. The molecule has 1 aliphatic heterocycles.